The molecule has 25 heavy (non-hydrogen) atoms. The molecule has 0 aliphatic carbocycles. The highest BCUT2D eigenvalue weighted by Crippen LogP contribution is 2.26. The molecule has 0 atom stereocenters. The van der Waals surface area contributed by atoms with E-state index in [9.17, 15) is 4.79 Å². The fraction of sp³-hybridized carbons (Fsp3) is 0.444. The van der Waals surface area contributed by atoms with E-state index >= 15 is 0 Å². The van der Waals surface area contributed by atoms with Crippen molar-refractivity contribution in [3.05, 3.63) is 49.8 Å². The van der Waals surface area contributed by atoms with Gasteiger partial charge in [-0.05, 0) is 40.0 Å². The highest BCUT2D eigenvalue weighted by Gasteiger charge is 2.19. The molecule has 2 heterocycles. The van der Waals surface area contributed by atoms with Gasteiger partial charge in [0.1, 0.15) is 5.75 Å². The SMILES string of the molecule is COc1ccc(CN2CCc3nc(N(C)C)[nH]c(=O)c3CC2)cc1Br. The monoisotopic (exact) mass is 406 g/mol. The summed E-state index contributed by atoms with van der Waals surface area (Å²) in [6, 6.07) is 6.14. The second kappa shape index (κ2) is 7.58. The van der Waals surface area contributed by atoms with Gasteiger partial charge in [-0.25, -0.2) is 4.98 Å². The topological polar surface area (TPSA) is 61.5 Å². The molecule has 7 heteroatoms. The molecule has 0 saturated carbocycles. The first-order chi connectivity index (χ1) is 12.0. The Hall–Kier alpha value is -1.86. The number of nitrogens with zero attached hydrogens (tertiary/aromatic N) is 3. The Labute approximate surface area is 156 Å². The van der Waals surface area contributed by atoms with Crippen LogP contribution in [0.4, 0.5) is 5.95 Å². The van der Waals surface area contributed by atoms with Gasteiger partial charge in [-0.15, -0.1) is 0 Å². The number of fused-ring (bicyclic) bond motifs is 1. The van der Waals surface area contributed by atoms with Crippen molar-refractivity contribution in [3.63, 3.8) is 0 Å². The van der Waals surface area contributed by atoms with E-state index in [0.29, 0.717) is 5.95 Å². The van der Waals surface area contributed by atoms with Gasteiger partial charge in [0.25, 0.3) is 5.56 Å². The number of hydrogen-bond donors (Lipinski definition) is 1. The number of benzene rings is 1. The zero-order valence-corrected chi connectivity index (χ0v) is 16.4. The summed E-state index contributed by atoms with van der Waals surface area (Å²) in [7, 11) is 5.43. The Balaban J connectivity index is 1.75. The van der Waals surface area contributed by atoms with Crippen LogP contribution in [0.5, 0.6) is 5.75 Å². The molecule has 1 aliphatic heterocycles. The van der Waals surface area contributed by atoms with E-state index < -0.39 is 0 Å². The predicted molar refractivity (Wildman–Crippen MR) is 103 cm³/mol. The van der Waals surface area contributed by atoms with Crippen LogP contribution in [0.25, 0.3) is 0 Å². The Kier molecular flexibility index (Phi) is 5.44. The minimum absolute atomic E-state index is 0.0114. The smallest absolute Gasteiger partial charge is 0.255 e. The number of anilines is 1. The Morgan fingerprint density at radius 2 is 2.08 bits per heavy atom. The molecule has 0 radical (unpaired) electrons. The quantitative estimate of drug-likeness (QED) is 0.842. The highest BCUT2D eigenvalue weighted by atomic mass is 79.9. The Morgan fingerprint density at radius 3 is 2.76 bits per heavy atom. The van der Waals surface area contributed by atoms with Crippen LogP contribution >= 0.6 is 15.9 Å². The third-order valence-corrected chi connectivity index (χ3v) is 5.10. The van der Waals surface area contributed by atoms with Crippen LogP contribution in [0.15, 0.2) is 27.5 Å². The van der Waals surface area contributed by atoms with Crippen molar-refractivity contribution in [3.8, 4) is 5.75 Å². The average molecular weight is 407 g/mol. The Morgan fingerprint density at radius 1 is 1.32 bits per heavy atom. The van der Waals surface area contributed by atoms with E-state index in [-0.39, 0.29) is 5.56 Å². The van der Waals surface area contributed by atoms with Crippen LogP contribution in [0.1, 0.15) is 16.8 Å². The van der Waals surface area contributed by atoms with Crippen LogP contribution in [0, 0.1) is 0 Å². The number of methoxy groups -OCH3 is 1. The van der Waals surface area contributed by atoms with E-state index in [4.69, 9.17) is 4.74 Å². The Bertz CT molecular complexity index is 819. The molecule has 1 aromatic carbocycles. The predicted octanol–water partition coefficient (Wildman–Crippen LogP) is 2.21. The van der Waals surface area contributed by atoms with E-state index in [2.05, 4.69) is 42.9 Å². The minimum atomic E-state index is -0.0114. The average Bonchev–Trinajstić information content (AvgIpc) is 2.78. The molecule has 0 amide bonds. The zero-order valence-electron chi connectivity index (χ0n) is 14.8. The molecular formula is C18H23BrN4O2. The summed E-state index contributed by atoms with van der Waals surface area (Å²) in [5.74, 6) is 1.45. The first-order valence-electron chi connectivity index (χ1n) is 8.32. The number of rotatable bonds is 4. The summed E-state index contributed by atoms with van der Waals surface area (Å²) in [5, 5.41) is 0. The number of H-pyrrole nitrogens is 1. The van der Waals surface area contributed by atoms with E-state index in [0.717, 1.165) is 54.0 Å². The summed E-state index contributed by atoms with van der Waals surface area (Å²) in [4.78, 5) is 24.1. The molecule has 0 bridgehead atoms. The van der Waals surface area contributed by atoms with Gasteiger partial charge < -0.3 is 9.64 Å². The molecule has 1 aliphatic rings. The number of ether oxygens (including phenoxy) is 1. The summed E-state index contributed by atoms with van der Waals surface area (Å²) >= 11 is 3.54. The second-order valence-corrected chi connectivity index (χ2v) is 7.31. The normalized spacial score (nSPS) is 14.7. The van der Waals surface area contributed by atoms with Crippen molar-refractivity contribution in [1.82, 2.24) is 14.9 Å². The maximum atomic E-state index is 12.4. The third kappa shape index (κ3) is 4.04. The van der Waals surface area contributed by atoms with Crippen molar-refractivity contribution >= 4 is 21.9 Å². The summed E-state index contributed by atoms with van der Waals surface area (Å²) < 4.78 is 6.24. The van der Waals surface area contributed by atoms with E-state index in [1.807, 2.05) is 25.1 Å². The maximum absolute atomic E-state index is 12.4. The van der Waals surface area contributed by atoms with Crippen LogP contribution in [-0.2, 0) is 19.4 Å². The molecule has 134 valence electrons. The maximum Gasteiger partial charge on any atom is 0.255 e. The molecule has 1 aromatic heterocycles. The first-order valence-corrected chi connectivity index (χ1v) is 9.11. The molecule has 2 aromatic rings. The molecule has 0 fully saturated rings. The van der Waals surface area contributed by atoms with Gasteiger partial charge in [-0.3, -0.25) is 14.7 Å². The van der Waals surface area contributed by atoms with Crippen LogP contribution in [0.2, 0.25) is 0 Å². The summed E-state index contributed by atoms with van der Waals surface area (Å²) in [6.07, 6.45) is 1.51. The number of nitrogens with one attached hydrogen (secondary N) is 1. The van der Waals surface area contributed by atoms with Crippen molar-refractivity contribution in [2.45, 2.75) is 19.4 Å². The summed E-state index contributed by atoms with van der Waals surface area (Å²) in [5.41, 5.74) is 2.95. The van der Waals surface area contributed by atoms with E-state index in [1.54, 1.807) is 7.11 Å². The van der Waals surface area contributed by atoms with Gasteiger partial charge in [-0.2, -0.15) is 0 Å². The molecule has 0 spiro atoms. The van der Waals surface area contributed by atoms with Crippen LogP contribution < -0.4 is 15.2 Å². The molecule has 1 N–H and O–H groups in total. The van der Waals surface area contributed by atoms with Crippen molar-refractivity contribution in [2.75, 3.05) is 39.2 Å². The van der Waals surface area contributed by atoms with Crippen molar-refractivity contribution in [1.29, 1.82) is 0 Å². The number of hydrogen-bond acceptors (Lipinski definition) is 5. The summed E-state index contributed by atoms with van der Waals surface area (Å²) in [6.45, 7) is 2.58. The van der Waals surface area contributed by atoms with Gasteiger partial charge in [-0.1, -0.05) is 6.07 Å². The van der Waals surface area contributed by atoms with Gasteiger partial charge in [0.15, 0.2) is 0 Å². The van der Waals surface area contributed by atoms with Gasteiger partial charge >= 0.3 is 0 Å². The number of aromatic amines is 1. The minimum Gasteiger partial charge on any atom is -0.496 e. The third-order valence-electron chi connectivity index (χ3n) is 4.48. The van der Waals surface area contributed by atoms with Crippen molar-refractivity contribution < 1.29 is 4.74 Å². The fourth-order valence-electron chi connectivity index (χ4n) is 3.08. The van der Waals surface area contributed by atoms with Gasteiger partial charge in [0.2, 0.25) is 5.95 Å². The number of halogens is 1. The molecule has 3 rings (SSSR count). The zero-order chi connectivity index (χ0) is 18.0. The van der Waals surface area contributed by atoms with Crippen molar-refractivity contribution in [2.24, 2.45) is 0 Å². The first kappa shape index (κ1) is 17.9. The van der Waals surface area contributed by atoms with E-state index in [1.165, 1.54) is 5.56 Å². The lowest BCUT2D eigenvalue weighted by molar-refractivity contribution is 0.278. The lowest BCUT2D eigenvalue weighted by Crippen LogP contribution is -2.26. The second-order valence-electron chi connectivity index (χ2n) is 6.45. The van der Waals surface area contributed by atoms with Crippen LogP contribution in [0.3, 0.4) is 0 Å². The largest absolute Gasteiger partial charge is 0.496 e. The number of aromatic nitrogens is 2. The molecule has 6 nitrogen and oxygen atoms in total. The standard InChI is InChI=1S/C18H23BrN4O2/c1-22(2)18-20-15-7-9-23(8-6-13(15)17(24)21-18)11-12-4-5-16(25-3)14(19)10-12/h4-5,10H,6-9,11H2,1-3H3,(H,20,21,24). The molecule has 0 saturated heterocycles. The molecule has 0 unspecified atom stereocenters. The van der Waals surface area contributed by atoms with Gasteiger partial charge in [0.05, 0.1) is 17.3 Å². The lowest BCUT2D eigenvalue weighted by Gasteiger charge is -2.20. The highest BCUT2D eigenvalue weighted by molar-refractivity contribution is 9.10. The fourth-order valence-corrected chi connectivity index (χ4v) is 3.67. The van der Waals surface area contributed by atoms with Gasteiger partial charge in [0, 0.05) is 45.7 Å². The molecular weight excluding hydrogens is 384 g/mol. The lowest BCUT2D eigenvalue weighted by atomic mass is 10.1. The van der Waals surface area contributed by atoms with Crippen LogP contribution in [-0.4, -0.2) is 49.2 Å².